The van der Waals surface area contributed by atoms with Crippen LogP contribution in [0.4, 0.5) is 0 Å². The van der Waals surface area contributed by atoms with Crippen molar-refractivity contribution in [1.82, 2.24) is 14.8 Å². The van der Waals surface area contributed by atoms with E-state index in [1.807, 2.05) is 12.3 Å². The van der Waals surface area contributed by atoms with Gasteiger partial charge in [-0.25, -0.2) is 0 Å². The lowest BCUT2D eigenvalue weighted by molar-refractivity contribution is 0.151. The number of aryl methyl sites for hydroxylation is 1. The van der Waals surface area contributed by atoms with Crippen molar-refractivity contribution in [2.24, 2.45) is 5.73 Å². The number of hydrogen-bond acceptors (Lipinski definition) is 4. The van der Waals surface area contributed by atoms with E-state index in [4.69, 9.17) is 5.73 Å². The molecule has 0 bridgehead atoms. The molecule has 20 heavy (non-hydrogen) atoms. The fourth-order valence-corrected chi connectivity index (χ4v) is 3.43. The lowest BCUT2D eigenvalue weighted by atomic mass is 10.0. The zero-order valence-electron chi connectivity index (χ0n) is 12.5. The maximum absolute atomic E-state index is 6.00. The Balaban J connectivity index is 1.53. The zero-order valence-corrected chi connectivity index (χ0v) is 12.5. The third-order valence-corrected chi connectivity index (χ3v) is 4.83. The Morgan fingerprint density at radius 1 is 1.25 bits per heavy atom. The molecule has 0 amide bonds. The molecule has 2 aliphatic rings. The first-order valence-electron chi connectivity index (χ1n) is 7.85. The molecule has 2 aliphatic heterocycles. The normalized spacial score (nSPS) is 26.2. The molecule has 1 atom stereocenters. The van der Waals surface area contributed by atoms with Gasteiger partial charge < -0.3 is 5.73 Å². The van der Waals surface area contributed by atoms with Gasteiger partial charge in [0.2, 0.25) is 0 Å². The molecule has 1 unspecified atom stereocenters. The van der Waals surface area contributed by atoms with E-state index >= 15 is 0 Å². The summed E-state index contributed by atoms with van der Waals surface area (Å²) in [7, 11) is 0. The number of likely N-dealkylation sites (tertiary alicyclic amines) is 2. The summed E-state index contributed by atoms with van der Waals surface area (Å²) in [6.45, 7) is 7.90. The van der Waals surface area contributed by atoms with E-state index in [0.29, 0.717) is 6.04 Å². The number of piperidine rings is 1. The van der Waals surface area contributed by atoms with Crippen molar-refractivity contribution in [3.8, 4) is 0 Å². The minimum Gasteiger partial charge on any atom is -0.328 e. The van der Waals surface area contributed by atoms with E-state index in [-0.39, 0.29) is 0 Å². The largest absolute Gasteiger partial charge is 0.328 e. The van der Waals surface area contributed by atoms with Crippen LogP contribution in [0, 0.1) is 6.92 Å². The second-order valence-corrected chi connectivity index (χ2v) is 6.32. The van der Waals surface area contributed by atoms with Crippen LogP contribution in [0.5, 0.6) is 0 Å². The minimum atomic E-state index is 0.430. The minimum absolute atomic E-state index is 0.430. The average Bonchev–Trinajstić information content (AvgIpc) is 2.91. The molecule has 2 N–H and O–H groups in total. The smallest absolute Gasteiger partial charge is 0.0573 e. The molecule has 2 saturated heterocycles. The molecule has 4 nitrogen and oxygen atoms in total. The molecule has 3 heterocycles. The highest BCUT2D eigenvalue weighted by Crippen LogP contribution is 2.21. The van der Waals surface area contributed by atoms with Gasteiger partial charge in [0, 0.05) is 37.9 Å². The first kappa shape index (κ1) is 14.0. The summed E-state index contributed by atoms with van der Waals surface area (Å²) < 4.78 is 0. The van der Waals surface area contributed by atoms with Gasteiger partial charge in [0.15, 0.2) is 0 Å². The molecule has 0 aromatic carbocycles. The van der Waals surface area contributed by atoms with Crippen LogP contribution >= 0.6 is 0 Å². The van der Waals surface area contributed by atoms with Gasteiger partial charge in [0.05, 0.1) is 5.69 Å². The molecule has 1 aromatic heterocycles. The van der Waals surface area contributed by atoms with Crippen LogP contribution in [-0.4, -0.2) is 53.0 Å². The first-order chi connectivity index (χ1) is 9.72. The first-order valence-corrected chi connectivity index (χ1v) is 7.85. The Hall–Kier alpha value is -0.970. The second kappa shape index (κ2) is 6.20. The molecule has 3 rings (SSSR count). The summed E-state index contributed by atoms with van der Waals surface area (Å²) in [6.07, 6.45) is 5.52. The van der Waals surface area contributed by atoms with Crippen LogP contribution in [0.25, 0.3) is 0 Å². The molecule has 110 valence electrons. The van der Waals surface area contributed by atoms with Gasteiger partial charge in [0.1, 0.15) is 0 Å². The molecule has 0 aliphatic carbocycles. The van der Waals surface area contributed by atoms with Crippen molar-refractivity contribution in [3.05, 3.63) is 29.6 Å². The van der Waals surface area contributed by atoms with Crippen molar-refractivity contribution in [1.29, 1.82) is 0 Å². The van der Waals surface area contributed by atoms with Crippen molar-refractivity contribution in [3.63, 3.8) is 0 Å². The molecule has 2 fully saturated rings. The average molecular weight is 274 g/mol. The summed E-state index contributed by atoms with van der Waals surface area (Å²) in [4.78, 5) is 9.72. The fraction of sp³-hybridized carbons (Fsp3) is 0.688. The standard InChI is InChI=1S/C16H26N4/c1-13-3-2-7-18-16(13)12-19-8-6-15(11-19)20-9-4-14(17)5-10-20/h2-3,7,14-15H,4-6,8-12,17H2,1H3. The van der Waals surface area contributed by atoms with E-state index in [9.17, 15) is 0 Å². The number of pyridine rings is 1. The van der Waals surface area contributed by atoms with Crippen molar-refractivity contribution < 1.29 is 0 Å². The van der Waals surface area contributed by atoms with Gasteiger partial charge in [-0.2, -0.15) is 0 Å². The lowest BCUT2D eigenvalue weighted by Gasteiger charge is -2.34. The quantitative estimate of drug-likeness (QED) is 0.905. The van der Waals surface area contributed by atoms with Crippen molar-refractivity contribution in [2.45, 2.75) is 44.8 Å². The van der Waals surface area contributed by atoms with Gasteiger partial charge in [-0.3, -0.25) is 14.8 Å². The Morgan fingerprint density at radius 3 is 2.80 bits per heavy atom. The van der Waals surface area contributed by atoms with Gasteiger partial charge >= 0.3 is 0 Å². The van der Waals surface area contributed by atoms with Gasteiger partial charge in [-0.05, 0) is 50.9 Å². The highest BCUT2D eigenvalue weighted by atomic mass is 15.3. The van der Waals surface area contributed by atoms with Gasteiger partial charge in [0.25, 0.3) is 0 Å². The number of hydrogen-bond donors (Lipinski definition) is 1. The van der Waals surface area contributed by atoms with Gasteiger partial charge in [-0.15, -0.1) is 0 Å². The summed E-state index contributed by atoms with van der Waals surface area (Å²) in [5, 5.41) is 0. The SMILES string of the molecule is Cc1cccnc1CN1CCC(N2CCC(N)CC2)C1. The number of aromatic nitrogens is 1. The Labute approximate surface area is 122 Å². The van der Waals surface area contributed by atoms with Gasteiger partial charge in [-0.1, -0.05) is 6.07 Å². The summed E-state index contributed by atoms with van der Waals surface area (Å²) in [5.74, 6) is 0. The van der Waals surface area contributed by atoms with Crippen LogP contribution in [0.15, 0.2) is 18.3 Å². The maximum atomic E-state index is 6.00. The maximum Gasteiger partial charge on any atom is 0.0573 e. The fourth-order valence-electron chi connectivity index (χ4n) is 3.43. The molecular formula is C16H26N4. The van der Waals surface area contributed by atoms with E-state index in [1.54, 1.807) is 0 Å². The third-order valence-electron chi connectivity index (χ3n) is 4.83. The van der Waals surface area contributed by atoms with E-state index in [0.717, 1.165) is 25.4 Å². The van der Waals surface area contributed by atoms with E-state index in [2.05, 4.69) is 27.8 Å². The molecule has 0 saturated carbocycles. The Kier molecular flexibility index (Phi) is 4.34. The highest BCUT2D eigenvalue weighted by molar-refractivity contribution is 5.17. The number of rotatable bonds is 3. The third kappa shape index (κ3) is 3.19. The summed E-state index contributed by atoms with van der Waals surface area (Å²) in [6, 6.07) is 5.33. The topological polar surface area (TPSA) is 45.4 Å². The molecule has 4 heteroatoms. The molecular weight excluding hydrogens is 248 g/mol. The predicted octanol–water partition coefficient (Wildman–Crippen LogP) is 1.39. The second-order valence-electron chi connectivity index (χ2n) is 6.32. The molecule has 0 radical (unpaired) electrons. The lowest BCUT2D eigenvalue weighted by Crippen LogP contribution is -2.46. The van der Waals surface area contributed by atoms with Crippen LogP contribution in [0.3, 0.4) is 0 Å². The highest BCUT2D eigenvalue weighted by Gasteiger charge is 2.29. The molecule has 0 spiro atoms. The van der Waals surface area contributed by atoms with E-state index in [1.165, 1.54) is 43.9 Å². The Morgan fingerprint density at radius 2 is 2.05 bits per heavy atom. The summed E-state index contributed by atoms with van der Waals surface area (Å²) in [5.41, 5.74) is 8.53. The monoisotopic (exact) mass is 274 g/mol. The number of nitrogens with zero attached hydrogens (tertiary/aromatic N) is 3. The van der Waals surface area contributed by atoms with Crippen LogP contribution in [0.1, 0.15) is 30.5 Å². The predicted molar refractivity (Wildman–Crippen MR) is 81.4 cm³/mol. The summed E-state index contributed by atoms with van der Waals surface area (Å²) >= 11 is 0. The zero-order chi connectivity index (χ0) is 13.9. The van der Waals surface area contributed by atoms with Crippen LogP contribution in [0.2, 0.25) is 0 Å². The Bertz CT molecular complexity index is 440. The van der Waals surface area contributed by atoms with Crippen LogP contribution in [-0.2, 0) is 6.54 Å². The molecule has 1 aromatic rings. The van der Waals surface area contributed by atoms with Crippen molar-refractivity contribution >= 4 is 0 Å². The van der Waals surface area contributed by atoms with E-state index < -0.39 is 0 Å². The van der Waals surface area contributed by atoms with Crippen molar-refractivity contribution in [2.75, 3.05) is 26.2 Å². The number of nitrogens with two attached hydrogens (primary N) is 1. The van der Waals surface area contributed by atoms with Crippen LogP contribution < -0.4 is 5.73 Å².